The Bertz CT molecular complexity index is 680. The van der Waals surface area contributed by atoms with Gasteiger partial charge in [-0.2, -0.15) is 0 Å². The van der Waals surface area contributed by atoms with Gasteiger partial charge < -0.3 is 4.74 Å². The van der Waals surface area contributed by atoms with Gasteiger partial charge in [0, 0.05) is 12.3 Å². The molecule has 0 saturated carbocycles. The number of hydrazine groups is 1. The summed E-state index contributed by atoms with van der Waals surface area (Å²) in [4.78, 5) is 15.4. The molecule has 0 saturated heterocycles. The van der Waals surface area contributed by atoms with Crippen LogP contribution in [0.2, 0.25) is 0 Å². The maximum Gasteiger partial charge on any atom is 0.235 e. The number of amides is 1. The van der Waals surface area contributed by atoms with Crippen LogP contribution < -0.4 is 15.6 Å². The minimum absolute atomic E-state index is 0.142. The van der Waals surface area contributed by atoms with Crippen LogP contribution in [0.15, 0.2) is 30.3 Å². The van der Waals surface area contributed by atoms with Gasteiger partial charge in [0.05, 0.1) is 11.2 Å². The molecule has 2 N–H and O–H groups in total. The van der Waals surface area contributed by atoms with Gasteiger partial charge in [-0.1, -0.05) is 0 Å². The number of fused-ring (bicyclic) bond motifs is 2. The van der Waals surface area contributed by atoms with Crippen LogP contribution in [0.3, 0.4) is 0 Å². The van der Waals surface area contributed by atoms with Crippen molar-refractivity contribution < 1.29 is 9.53 Å². The van der Waals surface area contributed by atoms with Crippen LogP contribution in [0.5, 0.6) is 5.75 Å². The van der Waals surface area contributed by atoms with Crippen LogP contribution in [-0.2, 0) is 4.79 Å². The third-order valence-electron chi connectivity index (χ3n) is 2.80. The van der Waals surface area contributed by atoms with Crippen LogP contribution in [0, 0.1) is 0 Å². The molecular formula is C14H13N3O2. The molecule has 5 heteroatoms. The monoisotopic (exact) mass is 255 g/mol. The molecule has 0 spiro atoms. The zero-order valence-electron chi connectivity index (χ0n) is 10.4. The van der Waals surface area contributed by atoms with E-state index in [0.717, 1.165) is 28.0 Å². The van der Waals surface area contributed by atoms with Gasteiger partial charge in [0.1, 0.15) is 18.1 Å². The first kappa shape index (κ1) is 11.5. The van der Waals surface area contributed by atoms with Crippen LogP contribution in [0.1, 0.15) is 12.6 Å². The molecule has 3 rings (SSSR count). The predicted molar refractivity (Wildman–Crippen MR) is 73.7 cm³/mol. The fourth-order valence-electron chi connectivity index (χ4n) is 1.94. The van der Waals surface area contributed by atoms with Gasteiger partial charge in [-0.25, -0.2) is 4.98 Å². The Labute approximate surface area is 110 Å². The summed E-state index contributed by atoms with van der Waals surface area (Å²) in [6.45, 7) is 2.02. The van der Waals surface area contributed by atoms with Crippen molar-refractivity contribution in [2.45, 2.75) is 6.92 Å². The quantitative estimate of drug-likeness (QED) is 0.807. The number of hydrogen-bond donors (Lipinski definition) is 2. The molecule has 0 radical (unpaired) electrons. The second-order valence-electron chi connectivity index (χ2n) is 4.30. The van der Waals surface area contributed by atoms with Crippen LogP contribution in [0.4, 0.5) is 5.69 Å². The van der Waals surface area contributed by atoms with Gasteiger partial charge >= 0.3 is 0 Å². The van der Waals surface area contributed by atoms with E-state index in [1.165, 1.54) is 6.92 Å². The van der Waals surface area contributed by atoms with Crippen LogP contribution in [0.25, 0.3) is 17.0 Å². The molecular weight excluding hydrogens is 242 g/mol. The summed E-state index contributed by atoms with van der Waals surface area (Å²) in [7, 11) is 0. The predicted octanol–water partition coefficient (Wildman–Crippen LogP) is 2.10. The molecule has 1 aromatic heterocycles. The van der Waals surface area contributed by atoms with E-state index in [1.54, 1.807) is 0 Å². The van der Waals surface area contributed by atoms with Crippen molar-refractivity contribution in [3.05, 3.63) is 36.0 Å². The number of pyridine rings is 1. The molecule has 0 atom stereocenters. The van der Waals surface area contributed by atoms with E-state index in [-0.39, 0.29) is 5.91 Å². The number of carbonyl (C=O) groups is 1. The zero-order chi connectivity index (χ0) is 13.2. The van der Waals surface area contributed by atoms with E-state index in [4.69, 9.17) is 4.74 Å². The summed E-state index contributed by atoms with van der Waals surface area (Å²) in [6.07, 6.45) is 3.90. The first-order valence-electron chi connectivity index (χ1n) is 5.99. The van der Waals surface area contributed by atoms with Gasteiger partial charge in [-0.15, -0.1) is 0 Å². The molecule has 2 aromatic rings. The highest BCUT2D eigenvalue weighted by molar-refractivity contribution is 5.86. The van der Waals surface area contributed by atoms with E-state index < -0.39 is 0 Å². The minimum atomic E-state index is -0.142. The van der Waals surface area contributed by atoms with Gasteiger partial charge in [0.15, 0.2) is 0 Å². The number of benzene rings is 1. The van der Waals surface area contributed by atoms with Crippen LogP contribution >= 0.6 is 0 Å². The zero-order valence-corrected chi connectivity index (χ0v) is 10.4. The fraction of sp³-hybridized carbons (Fsp3) is 0.143. The van der Waals surface area contributed by atoms with Crippen LogP contribution in [-0.4, -0.2) is 17.5 Å². The molecule has 5 nitrogen and oxygen atoms in total. The lowest BCUT2D eigenvalue weighted by Gasteiger charge is -2.13. The van der Waals surface area contributed by atoms with Crippen molar-refractivity contribution in [2.24, 2.45) is 0 Å². The highest BCUT2D eigenvalue weighted by Gasteiger charge is 2.09. The van der Waals surface area contributed by atoms with Crippen molar-refractivity contribution in [3.63, 3.8) is 0 Å². The summed E-state index contributed by atoms with van der Waals surface area (Å²) in [6, 6.07) is 7.65. The molecule has 1 amide bonds. The lowest BCUT2D eigenvalue weighted by Crippen LogP contribution is -2.26. The summed E-state index contributed by atoms with van der Waals surface area (Å²) < 4.78 is 5.53. The summed E-state index contributed by atoms with van der Waals surface area (Å²) in [5, 5.41) is 0.962. The Morgan fingerprint density at radius 1 is 1.37 bits per heavy atom. The van der Waals surface area contributed by atoms with Gasteiger partial charge in [-0.05, 0) is 36.4 Å². The van der Waals surface area contributed by atoms with Gasteiger partial charge in [-0.3, -0.25) is 15.6 Å². The number of nitrogens with one attached hydrogen (secondary N) is 2. The summed E-state index contributed by atoms with van der Waals surface area (Å²) in [5.74, 6) is 0.642. The molecule has 1 aliphatic heterocycles. The van der Waals surface area contributed by atoms with Crippen molar-refractivity contribution in [2.75, 3.05) is 12.0 Å². The normalized spacial score (nSPS) is 12.7. The van der Waals surface area contributed by atoms with Gasteiger partial charge in [0.2, 0.25) is 5.91 Å². The molecule has 0 fully saturated rings. The Morgan fingerprint density at radius 3 is 3.11 bits per heavy atom. The van der Waals surface area contributed by atoms with E-state index >= 15 is 0 Å². The standard InChI is InChI=1S/C14H13N3O2/c1-9(18)16-17-11-4-5-12-10(7-11)8-14-13(15-12)3-2-6-19-14/h2-5,7-8,17H,6H2,1H3,(H,16,18). The number of nitrogens with zero attached hydrogens (tertiary/aromatic N) is 1. The van der Waals surface area contributed by atoms with E-state index in [2.05, 4.69) is 15.8 Å². The molecule has 1 aliphatic rings. The van der Waals surface area contributed by atoms with E-state index in [9.17, 15) is 4.79 Å². The van der Waals surface area contributed by atoms with E-state index in [0.29, 0.717) is 6.61 Å². The van der Waals surface area contributed by atoms with E-state index in [1.807, 2.05) is 36.4 Å². The fourth-order valence-corrected chi connectivity index (χ4v) is 1.94. The lowest BCUT2D eigenvalue weighted by molar-refractivity contribution is -0.118. The third-order valence-corrected chi connectivity index (χ3v) is 2.80. The molecule has 0 unspecified atom stereocenters. The molecule has 19 heavy (non-hydrogen) atoms. The Hall–Kier alpha value is -2.56. The van der Waals surface area contributed by atoms with Crippen molar-refractivity contribution >= 4 is 28.6 Å². The highest BCUT2D eigenvalue weighted by Crippen LogP contribution is 2.27. The number of rotatable bonds is 2. The largest absolute Gasteiger partial charge is 0.487 e. The second-order valence-corrected chi connectivity index (χ2v) is 4.30. The minimum Gasteiger partial charge on any atom is -0.487 e. The number of aromatic nitrogens is 1. The Kier molecular flexibility index (Phi) is 2.79. The number of carbonyl (C=O) groups excluding carboxylic acids is 1. The average molecular weight is 255 g/mol. The maximum atomic E-state index is 10.9. The Morgan fingerprint density at radius 2 is 2.26 bits per heavy atom. The third kappa shape index (κ3) is 2.35. The summed E-state index contributed by atoms with van der Waals surface area (Å²) in [5.41, 5.74) is 7.91. The van der Waals surface area contributed by atoms with Crippen molar-refractivity contribution in [1.29, 1.82) is 0 Å². The lowest BCUT2D eigenvalue weighted by atomic mass is 10.1. The first-order chi connectivity index (χ1) is 9.22. The topological polar surface area (TPSA) is 63.2 Å². The van der Waals surface area contributed by atoms with Gasteiger partial charge in [0.25, 0.3) is 0 Å². The first-order valence-corrected chi connectivity index (χ1v) is 5.99. The van der Waals surface area contributed by atoms with Crippen molar-refractivity contribution in [3.8, 4) is 5.75 Å². The molecule has 2 heterocycles. The second kappa shape index (κ2) is 4.61. The molecule has 96 valence electrons. The smallest absolute Gasteiger partial charge is 0.235 e. The summed E-state index contributed by atoms with van der Waals surface area (Å²) >= 11 is 0. The Balaban J connectivity index is 1.98. The number of hydrogen-bond acceptors (Lipinski definition) is 4. The maximum absolute atomic E-state index is 10.9. The molecule has 0 aliphatic carbocycles. The SMILES string of the molecule is CC(=O)NNc1ccc2nc3c(cc2c1)OCC=C3. The molecule has 1 aromatic carbocycles. The molecule has 0 bridgehead atoms. The number of anilines is 1. The van der Waals surface area contributed by atoms with Crippen molar-refractivity contribution in [1.82, 2.24) is 10.4 Å². The number of ether oxygens (including phenoxy) is 1. The average Bonchev–Trinajstić information content (AvgIpc) is 2.42. The highest BCUT2D eigenvalue weighted by atomic mass is 16.5.